The van der Waals surface area contributed by atoms with Gasteiger partial charge in [0.25, 0.3) is 11.5 Å². The van der Waals surface area contributed by atoms with E-state index in [1.165, 1.54) is 10.6 Å². The van der Waals surface area contributed by atoms with Gasteiger partial charge in [-0.3, -0.25) is 19.0 Å². The van der Waals surface area contributed by atoms with Crippen LogP contribution in [0.2, 0.25) is 0 Å². The summed E-state index contributed by atoms with van der Waals surface area (Å²) < 4.78 is 7.89. The zero-order chi connectivity index (χ0) is 23.8. The lowest BCUT2D eigenvalue weighted by molar-refractivity contribution is 0.0909. The second-order valence-corrected chi connectivity index (χ2v) is 9.80. The third-order valence-corrected chi connectivity index (χ3v) is 6.17. The molecule has 1 amide bonds. The van der Waals surface area contributed by atoms with Crippen LogP contribution in [-0.4, -0.2) is 22.9 Å². The number of amides is 1. The number of aromatic nitrogens is 1. The van der Waals surface area contributed by atoms with E-state index in [4.69, 9.17) is 4.74 Å². The number of carbonyl (C=O) groups excluding carboxylic acids is 2. The van der Waals surface area contributed by atoms with Crippen LogP contribution in [0.4, 0.5) is 5.69 Å². The summed E-state index contributed by atoms with van der Waals surface area (Å²) in [6, 6.07) is 15.6. The maximum absolute atomic E-state index is 13.6. The smallest absolute Gasteiger partial charge is 0.268 e. The number of nitrogens with one attached hydrogen (secondary N) is 1. The monoisotopic (exact) mass is 508 g/mol. The molecular weight excluding hydrogens is 484 g/mol. The summed E-state index contributed by atoms with van der Waals surface area (Å²) in [6.07, 6.45) is 0.903. The number of hydrogen-bond donors (Lipinski definition) is 1. The minimum absolute atomic E-state index is 0.0707. The Kier molecular flexibility index (Phi) is 6.26. The Morgan fingerprint density at radius 2 is 1.73 bits per heavy atom. The van der Waals surface area contributed by atoms with Crippen LogP contribution >= 0.6 is 15.9 Å². The van der Waals surface area contributed by atoms with Crippen molar-refractivity contribution in [3.63, 3.8) is 0 Å². The zero-order valence-corrected chi connectivity index (χ0v) is 20.4. The van der Waals surface area contributed by atoms with E-state index in [0.717, 1.165) is 4.47 Å². The van der Waals surface area contributed by atoms with Crippen molar-refractivity contribution in [3.05, 3.63) is 86.2 Å². The average molecular weight is 509 g/mol. The maximum Gasteiger partial charge on any atom is 0.268 e. The summed E-state index contributed by atoms with van der Waals surface area (Å²) in [6.45, 7) is 6.45. The van der Waals surface area contributed by atoms with Crippen molar-refractivity contribution < 1.29 is 14.3 Å². The molecular formula is C26H25BrN2O4. The first-order chi connectivity index (χ1) is 15.7. The molecule has 0 spiro atoms. The van der Waals surface area contributed by atoms with Gasteiger partial charge in [-0.25, -0.2) is 0 Å². The van der Waals surface area contributed by atoms with Gasteiger partial charge in [0.2, 0.25) is 0 Å². The van der Waals surface area contributed by atoms with Crippen molar-refractivity contribution in [3.8, 4) is 11.4 Å². The van der Waals surface area contributed by atoms with Crippen molar-refractivity contribution in [1.29, 1.82) is 0 Å². The van der Waals surface area contributed by atoms with Gasteiger partial charge in [0, 0.05) is 33.5 Å². The molecule has 0 radical (unpaired) electrons. The minimum Gasteiger partial charge on any atom is -0.494 e. The number of benzene rings is 2. The number of hydrogen-bond acceptors (Lipinski definition) is 4. The van der Waals surface area contributed by atoms with Crippen LogP contribution < -0.4 is 15.6 Å². The molecule has 1 aliphatic rings. The number of nitrogens with zero attached hydrogens (tertiary/aromatic N) is 1. The van der Waals surface area contributed by atoms with Crippen LogP contribution in [0.1, 0.15) is 53.6 Å². The number of fused-ring (bicyclic) bond motifs is 1. The first-order valence-electron chi connectivity index (χ1n) is 10.8. The molecule has 6 nitrogen and oxygen atoms in total. The fourth-order valence-electron chi connectivity index (χ4n) is 4.14. The standard InChI is InChI=1S/C26H25BrN2O4/c1-4-33-19-11-9-18(10-12-19)29-22-14-26(2,3)15-23(30)20(22)13-21(25(29)32)24(31)28-17-7-5-16(27)6-8-17/h5-13H,4,14-15H2,1-3H3,(H,28,31). The van der Waals surface area contributed by atoms with Crippen molar-refractivity contribution in [2.45, 2.75) is 33.6 Å². The third-order valence-electron chi connectivity index (χ3n) is 5.64. The second kappa shape index (κ2) is 8.98. The summed E-state index contributed by atoms with van der Waals surface area (Å²) in [4.78, 5) is 39.7. The van der Waals surface area contributed by atoms with Crippen molar-refractivity contribution in [1.82, 2.24) is 4.57 Å². The quantitative estimate of drug-likeness (QED) is 0.499. The molecule has 0 saturated carbocycles. The average Bonchev–Trinajstić information content (AvgIpc) is 2.75. The van der Waals surface area contributed by atoms with Gasteiger partial charge in [-0.05, 0) is 73.4 Å². The molecule has 3 aromatic rings. The van der Waals surface area contributed by atoms with E-state index in [2.05, 4.69) is 21.2 Å². The van der Waals surface area contributed by atoms with Gasteiger partial charge < -0.3 is 10.1 Å². The Morgan fingerprint density at radius 1 is 1.06 bits per heavy atom. The highest BCUT2D eigenvalue weighted by molar-refractivity contribution is 9.10. The van der Waals surface area contributed by atoms with Crippen molar-refractivity contribution >= 4 is 33.3 Å². The molecule has 0 atom stereocenters. The third kappa shape index (κ3) is 4.78. The summed E-state index contributed by atoms with van der Waals surface area (Å²) in [5.74, 6) is 0.0600. The van der Waals surface area contributed by atoms with Gasteiger partial charge in [-0.1, -0.05) is 29.8 Å². The van der Waals surface area contributed by atoms with E-state index in [-0.39, 0.29) is 16.8 Å². The Morgan fingerprint density at radius 3 is 2.36 bits per heavy atom. The molecule has 1 aromatic heterocycles. The Balaban J connectivity index is 1.85. The van der Waals surface area contributed by atoms with E-state index in [0.29, 0.717) is 47.8 Å². The Hall–Kier alpha value is -3.19. The number of rotatable bonds is 5. The molecule has 0 fully saturated rings. The van der Waals surface area contributed by atoms with Gasteiger partial charge in [0.05, 0.1) is 6.61 Å². The second-order valence-electron chi connectivity index (χ2n) is 8.89. The lowest BCUT2D eigenvalue weighted by Gasteiger charge is -2.32. The zero-order valence-electron chi connectivity index (χ0n) is 18.8. The molecule has 1 aliphatic carbocycles. The summed E-state index contributed by atoms with van der Waals surface area (Å²) in [5.41, 5.74) is 1.37. The van der Waals surface area contributed by atoms with E-state index in [1.54, 1.807) is 48.5 Å². The number of Topliss-reactive ketones (excluding diaryl/α,β-unsaturated/α-hetero) is 1. The normalized spacial score (nSPS) is 14.5. The molecule has 0 saturated heterocycles. The highest BCUT2D eigenvalue weighted by atomic mass is 79.9. The largest absolute Gasteiger partial charge is 0.494 e. The fraction of sp³-hybridized carbons (Fsp3) is 0.269. The van der Waals surface area contributed by atoms with E-state index in [9.17, 15) is 14.4 Å². The Bertz CT molecular complexity index is 1280. The van der Waals surface area contributed by atoms with Crippen LogP contribution in [0.15, 0.2) is 63.9 Å². The summed E-state index contributed by atoms with van der Waals surface area (Å²) in [7, 11) is 0. The van der Waals surface area contributed by atoms with Crippen LogP contribution in [-0.2, 0) is 6.42 Å². The number of halogens is 1. The first kappa shape index (κ1) is 23.0. The number of ether oxygens (including phenoxy) is 1. The predicted octanol–water partition coefficient (Wildman–Crippen LogP) is 5.41. The molecule has 0 bridgehead atoms. The van der Waals surface area contributed by atoms with Gasteiger partial charge in [0.1, 0.15) is 11.3 Å². The van der Waals surface area contributed by atoms with Crippen molar-refractivity contribution in [2.24, 2.45) is 5.41 Å². The number of anilines is 1. The molecule has 170 valence electrons. The minimum atomic E-state index is -0.553. The molecule has 1 N–H and O–H groups in total. The van der Waals surface area contributed by atoms with E-state index >= 15 is 0 Å². The molecule has 0 aliphatic heterocycles. The van der Waals surface area contributed by atoms with Gasteiger partial charge >= 0.3 is 0 Å². The summed E-state index contributed by atoms with van der Waals surface area (Å²) in [5, 5.41) is 2.76. The summed E-state index contributed by atoms with van der Waals surface area (Å²) >= 11 is 3.36. The number of pyridine rings is 1. The van der Waals surface area contributed by atoms with Gasteiger partial charge in [-0.15, -0.1) is 0 Å². The van der Waals surface area contributed by atoms with E-state index < -0.39 is 11.5 Å². The number of ketones is 1. The topological polar surface area (TPSA) is 77.4 Å². The number of carbonyl (C=O) groups is 2. The van der Waals surface area contributed by atoms with Crippen LogP contribution in [0, 0.1) is 5.41 Å². The lowest BCUT2D eigenvalue weighted by atomic mass is 9.75. The molecule has 0 unspecified atom stereocenters. The van der Waals surface area contributed by atoms with Crippen LogP contribution in [0.25, 0.3) is 5.69 Å². The van der Waals surface area contributed by atoms with Crippen molar-refractivity contribution in [2.75, 3.05) is 11.9 Å². The molecule has 4 rings (SSSR count). The molecule has 1 heterocycles. The highest BCUT2D eigenvalue weighted by Crippen LogP contribution is 2.35. The Labute approximate surface area is 200 Å². The first-order valence-corrected chi connectivity index (χ1v) is 11.6. The molecule has 33 heavy (non-hydrogen) atoms. The maximum atomic E-state index is 13.6. The van der Waals surface area contributed by atoms with Gasteiger partial charge in [0.15, 0.2) is 5.78 Å². The fourth-order valence-corrected chi connectivity index (χ4v) is 4.40. The van der Waals surface area contributed by atoms with Crippen LogP contribution in [0.3, 0.4) is 0 Å². The molecule has 2 aromatic carbocycles. The SMILES string of the molecule is CCOc1ccc(-n2c3c(cc(C(=O)Nc4ccc(Br)cc4)c2=O)C(=O)CC(C)(C)C3)cc1. The molecule has 7 heteroatoms. The predicted molar refractivity (Wildman–Crippen MR) is 132 cm³/mol. The van der Waals surface area contributed by atoms with E-state index in [1.807, 2.05) is 20.8 Å². The van der Waals surface area contributed by atoms with Gasteiger partial charge in [-0.2, -0.15) is 0 Å². The lowest BCUT2D eigenvalue weighted by Crippen LogP contribution is -2.37. The van der Waals surface area contributed by atoms with Crippen LogP contribution in [0.5, 0.6) is 5.75 Å². The highest BCUT2D eigenvalue weighted by Gasteiger charge is 2.35.